The van der Waals surface area contributed by atoms with E-state index in [1.54, 1.807) is 0 Å². The number of hydrogen-bond donors (Lipinski definition) is 1. The van der Waals surface area contributed by atoms with E-state index < -0.39 is 11.4 Å². The van der Waals surface area contributed by atoms with Crippen molar-refractivity contribution in [2.24, 2.45) is 5.11 Å². The molecule has 0 radical (unpaired) electrons. The van der Waals surface area contributed by atoms with Crippen LogP contribution in [-0.2, 0) is 0 Å². The molecule has 0 unspecified atom stereocenters. The van der Waals surface area contributed by atoms with Crippen LogP contribution in [0.1, 0.15) is 0 Å². The summed E-state index contributed by atoms with van der Waals surface area (Å²) in [5, 5.41) is 3.49. The standard InChI is InChI=1S/C8H4N4O3/c9-12-11-4-1-2-6-5(3-4)7(13)15-8(14)10-6/h1-3H,(H,10,14). The van der Waals surface area contributed by atoms with Gasteiger partial charge in [-0.1, -0.05) is 11.2 Å². The number of benzene rings is 1. The Kier molecular flexibility index (Phi) is 2.00. The zero-order chi connectivity index (χ0) is 10.8. The Morgan fingerprint density at radius 1 is 1.40 bits per heavy atom. The number of nitrogens with zero attached hydrogens (tertiary/aromatic N) is 3. The molecule has 0 saturated heterocycles. The molecule has 1 heterocycles. The second kappa shape index (κ2) is 3.32. The van der Waals surface area contributed by atoms with Crippen LogP contribution in [0, 0.1) is 0 Å². The third kappa shape index (κ3) is 1.59. The van der Waals surface area contributed by atoms with Crippen molar-refractivity contribution in [1.82, 2.24) is 4.98 Å². The summed E-state index contributed by atoms with van der Waals surface area (Å²) in [7, 11) is 0. The van der Waals surface area contributed by atoms with Gasteiger partial charge < -0.3 is 4.42 Å². The molecule has 15 heavy (non-hydrogen) atoms. The van der Waals surface area contributed by atoms with Crippen LogP contribution < -0.4 is 11.4 Å². The minimum Gasteiger partial charge on any atom is -0.372 e. The summed E-state index contributed by atoms with van der Waals surface area (Å²) in [5.41, 5.74) is 8.07. The Morgan fingerprint density at radius 2 is 2.20 bits per heavy atom. The van der Waals surface area contributed by atoms with E-state index in [1.165, 1.54) is 18.2 Å². The highest BCUT2D eigenvalue weighted by molar-refractivity contribution is 5.80. The first kappa shape index (κ1) is 9.04. The zero-order valence-electron chi connectivity index (χ0n) is 7.30. The van der Waals surface area contributed by atoms with Crippen LogP contribution in [0.4, 0.5) is 5.69 Å². The highest BCUT2D eigenvalue weighted by Crippen LogP contribution is 2.16. The van der Waals surface area contributed by atoms with Crippen molar-refractivity contribution in [2.45, 2.75) is 0 Å². The van der Waals surface area contributed by atoms with Crippen LogP contribution in [-0.4, -0.2) is 4.98 Å². The second-order valence-electron chi connectivity index (χ2n) is 2.72. The molecule has 74 valence electrons. The molecular weight excluding hydrogens is 200 g/mol. The Labute approximate surface area is 81.6 Å². The van der Waals surface area contributed by atoms with Crippen LogP contribution in [0.3, 0.4) is 0 Å². The van der Waals surface area contributed by atoms with Crippen molar-refractivity contribution in [3.63, 3.8) is 0 Å². The van der Waals surface area contributed by atoms with Gasteiger partial charge in [-0.3, -0.25) is 4.98 Å². The van der Waals surface area contributed by atoms with Crippen LogP contribution in [0.25, 0.3) is 21.3 Å². The molecule has 0 spiro atoms. The van der Waals surface area contributed by atoms with E-state index in [9.17, 15) is 9.59 Å². The first-order valence-electron chi connectivity index (χ1n) is 3.93. The molecule has 2 aromatic rings. The third-order valence-electron chi connectivity index (χ3n) is 1.81. The molecule has 2 rings (SSSR count). The number of fused-ring (bicyclic) bond motifs is 1. The first-order chi connectivity index (χ1) is 7.20. The van der Waals surface area contributed by atoms with Gasteiger partial charge in [-0.15, -0.1) is 0 Å². The average molecular weight is 204 g/mol. The molecule has 7 heteroatoms. The summed E-state index contributed by atoms with van der Waals surface area (Å²) in [4.78, 5) is 27.0. The quantitative estimate of drug-likeness (QED) is 0.430. The normalized spacial score (nSPS) is 9.87. The lowest BCUT2D eigenvalue weighted by atomic mass is 10.2. The van der Waals surface area contributed by atoms with E-state index in [1.807, 2.05) is 0 Å². The van der Waals surface area contributed by atoms with Gasteiger partial charge in [-0.2, -0.15) is 0 Å². The molecular formula is C8H4N4O3. The molecule has 7 nitrogen and oxygen atoms in total. The predicted molar refractivity (Wildman–Crippen MR) is 51.9 cm³/mol. The molecule has 0 fully saturated rings. The largest absolute Gasteiger partial charge is 0.419 e. The Bertz CT molecular complexity index is 678. The Balaban J connectivity index is 2.88. The number of rotatable bonds is 1. The van der Waals surface area contributed by atoms with Crippen molar-refractivity contribution in [1.29, 1.82) is 0 Å². The van der Waals surface area contributed by atoms with E-state index in [4.69, 9.17) is 5.53 Å². The van der Waals surface area contributed by atoms with Gasteiger partial charge in [0.05, 0.1) is 10.9 Å². The Hall–Kier alpha value is -2.53. The van der Waals surface area contributed by atoms with Gasteiger partial charge in [-0.25, -0.2) is 9.59 Å². The van der Waals surface area contributed by atoms with Gasteiger partial charge in [0, 0.05) is 10.6 Å². The lowest BCUT2D eigenvalue weighted by molar-refractivity contribution is 0.460. The van der Waals surface area contributed by atoms with Crippen molar-refractivity contribution < 1.29 is 4.42 Å². The molecule has 1 aromatic carbocycles. The van der Waals surface area contributed by atoms with E-state index in [0.29, 0.717) is 5.52 Å². The lowest BCUT2D eigenvalue weighted by Crippen LogP contribution is -2.14. The molecule has 0 amide bonds. The fourth-order valence-electron chi connectivity index (χ4n) is 1.20. The minimum atomic E-state index is -0.816. The first-order valence-corrected chi connectivity index (χ1v) is 3.93. The van der Waals surface area contributed by atoms with Crippen LogP contribution >= 0.6 is 0 Å². The van der Waals surface area contributed by atoms with Gasteiger partial charge in [0.2, 0.25) is 0 Å². The summed E-state index contributed by atoms with van der Waals surface area (Å²) in [6, 6.07) is 4.30. The molecule has 0 aliphatic carbocycles. The van der Waals surface area contributed by atoms with Crippen molar-refractivity contribution in [3.05, 3.63) is 49.6 Å². The number of nitrogens with one attached hydrogen (secondary N) is 1. The van der Waals surface area contributed by atoms with E-state index in [-0.39, 0.29) is 11.1 Å². The summed E-state index contributed by atoms with van der Waals surface area (Å²) in [5.74, 6) is -0.816. The monoisotopic (exact) mass is 204 g/mol. The number of H-pyrrole nitrogens is 1. The predicted octanol–water partition coefficient (Wildman–Crippen LogP) is 1.42. The number of aromatic amines is 1. The molecule has 0 saturated carbocycles. The maximum Gasteiger partial charge on any atom is 0.419 e. The molecule has 1 N–H and O–H groups in total. The van der Waals surface area contributed by atoms with Gasteiger partial charge in [0.25, 0.3) is 0 Å². The highest BCUT2D eigenvalue weighted by Gasteiger charge is 2.02. The van der Waals surface area contributed by atoms with E-state index in [2.05, 4.69) is 19.4 Å². The topological polar surface area (TPSA) is 112 Å². The van der Waals surface area contributed by atoms with Crippen LogP contribution in [0.5, 0.6) is 0 Å². The van der Waals surface area contributed by atoms with E-state index >= 15 is 0 Å². The van der Waals surface area contributed by atoms with Gasteiger partial charge in [0.1, 0.15) is 0 Å². The molecule has 0 atom stereocenters. The summed E-state index contributed by atoms with van der Waals surface area (Å²) >= 11 is 0. The van der Waals surface area contributed by atoms with Gasteiger partial charge in [0.15, 0.2) is 0 Å². The highest BCUT2D eigenvalue weighted by atomic mass is 16.4. The smallest absolute Gasteiger partial charge is 0.372 e. The minimum absolute atomic E-state index is 0.166. The van der Waals surface area contributed by atoms with Gasteiger partial charge >= 0.3 is 11.4 Å². The summed E-state index contributed by atoms with van der Waals surface area (Å²) in [6.07, 6.45) is 0. The molecule has 0 aliphatic heterocycles. The van der Waals surface area contributed by atoms with Crippen molar-refractivity contribution in [2.75, 3.05) is 0 Å². The van der Waals surface area contributed by atoms with Gasteiger partial charge in [-0.05, 0) is 17.7 Å². The van der Waals surface area contributed by atoms with E-state index in [0.717, 1.165) is 0 Å². The summed E-state index contributed by atoms with van der Waals surface area (Å²) in [6.45, 7) is 0. The zero-order valence-corrected chi connectivity index (χ0v) is 7.30. The fourth-order valence-corrected chi connectivity index (χ4v) is 1.20. The summed E-state index contributed by atoms with van der Waals surface area (Å²) < 4.78 is 4.32. The number of hydrogen-bond acceptors (Lipinski definition) is 4. The molecule has 1 aromatic heterocycles. The number of aromatic nitrogens is 1. The maximum absolute atomic E-state index is 11.2. The molecule has 0 aliphatic rings. The Morgan fingerprint density at radius 3 is 2.93 bits per heavy atom. The number of azide groups is 1. The SMILES string of the molecule is [N-]=[N+]=Nc1ccc2[nH]c(=O)oc(=O)c2c1. The second-order valence-corrected chi connectivity index (χ2v) is 2.72. The fraction of sp³-hybridized carbons (Fsp3) is 0. The van der Waals surface area contributed by atoms with Crippen LogP contribution in [0.2, 0.25) is 0 Å². The third-order valence-corrected chi connectivity index (χ3v) is 1.81. The van der Waals surface area contributed by atoms with Crippen molar-refractivity contribution in [3.8, 4) is 0 Å². The van der Waals surface area contributed by atoms with Crippen molar-refractivity contribution >= 4 is 16.6 Å². The average Bonchev–Trinajstić information content (AvgIpc) is 2.19. The van der Waals surface area contributed by atoms with Crippen LogP contribution in [0.15, 0.2) is 37.3 Å². The maximum atomic E-state index is 11.2. The molecule has 0 bridgehead atoms. The lowest BCUT2D eigenvalue weighted by Gasteiger charge is -1.95.